The first-order valence-corrected chi connectivity index (χ1v) is 9.03. The summed E-state index contributed by atoms with van der Waals surface area (Å²) in [7, 11) is 3.96. The smallest absolute Gasteiger partial charge is 0.244 e. The summed E-state index contributed by atoms with van der Waals surface area (Å²) in [6.45, 7) is 11.9. The molecular formula is C21H30N2O3. The molecule has 1 amide bonds. The van der Waals surface area contributed by atoms with Crippen LogP contribution in [-0.4, -0.2) is 44.6 Å². The molecule has 142 valence electrons. The van der Waals surface area contributed by atoms with Crippen LogP contribution in [0.4, 0.5) is 0 Å². The maximum atomic E-state index is 12.2. The van der Waals surface area contributed by atoms with Gasteiger partial charge >= 0.3 is 0 Å². The Balaban J connectivity index is 2.42. The molecule has 0 spiro atoms. The molecule has 0 atom stereocenters. The van der Waals surface area contributed by atoms with Crippen LogP contribution in [-0.2, 0) is 4.79 Å². The van der Waals surface area contributed by atoms with E-state index in [-0.39, 0.29) is 5.91 Å². The van der Waals surface area contributed by atoms with Crippen molar-refractivity contribution in [3.63, 3.8) is 0 Å². The molecule has 1 heterocycles. The van der Waals surface area contributed by atoms with E-state index in [0.29, 0.717) is 13.2 Å². The Bertz CT molecular complexity index is 832. The van der Waals surface area contributed by atoms with Crippen LogP contribution in [0, 0.1) is 20.8 Å². The zero-order valence-electron chi connectivity index (χ0n) is 16.9. The highest BCUT2D eigenvalue weighted by atomic mass is 16.5. The highest BCUT2D eigenvalue weighted by Crippen LogP contribution is 2.38. The lowest BCUT2D eigenvalue weighted by Crippen LogP contribution is -2.30. The van der Waals surface area contributed by atoms with Crippen LogP contribution in [0.3, 0.4) is 0 Å². The Kier molecular flexibility index (Phi) is 6.48. The molecule has 0 saturated heterocycles. The minimum Gasteiger partial charge on any atom is -0.493 e. The van der Waals surface area contributed by atoms with E-state index in [2.05, 4.69) is 18.3 Å². The minimum atomic E-state index is -0.0929. The highest BCUT2D eigenvalue weighted by molar-refractivity contribution is 5.98. The van der Waals surface area contributed by atoms with E-state index in [1.807, 2.05) is 46.7 Å². The van der Waals surface area contributed by atoms with Gasteiger partial charge in [0.05, 0.1) is 6.61 Å². The molecule has 0 bridgehead atoms. The number of nitrogens with zero attached hydrogens (tertiary/aromatic N) is 1. The zero-order valence-corrected chi connectivity index (χ0v) is 16.9. The van der Waals surface area contributed by atoms with Gasteiger partial charge < -0.3 is 19.4 Å². The van der Waals surface area contributed by atoms with Gasteiger partial charge in [-0.25, -0.2) is 0 Å². The van der Waals surface area contributed by atoms with Gasteiger partial charge in [0.1, 0.15) is 17.1 Å². The summed E-state index contributed by atoms with van der Waals surface area (Å²) in [5.74, 6) is 1.60. The van der Waals surface area contributed by atoms with Crippen LogP contribution >= 0.6 is 0 Å². The third kappa shape index (κ3) is 4.28. The van der Waals surface area contributed by atoms with E-state index in [9.17, 15) is 4.79 Å². The van der Waals surface area contributed by atoms with E-state index in [1.165, 1.54) is 0 Å². The number of carbonyl (C=O) groups is 1. The molecule has 0 aliphatic heterocycles. The summed E-state index contributed by atoms with van der Waals surface area (Å²) in [6.07, 6.45) is 1.64. The number of nitrogens with one attached hydrogen (secondary N) is 1. The van der Waals surface area contributed by atoms with Gasteiger partial charge in [0.15, 0.2) is 0 Å². The second-order valence-corrected chi connectivity index (χ2v) is 6.89. The number of benzene rings is 1. The molecule has 0 aliphatic carbocycles. The molecule has 2 aromatic rings. The second-order valence-electron chi connectivity index (χ2n) is 6.89. The maximum Gasteiger partial charge on any atom is 0.244 e. The molecular weight excluding hydrogens is 328 g/mol. The van der Waals surface area contributed by atoms with Crippen LogP contribution in [0.1, 0.15) is 36.3 Å². The first kappa shape index (κ1) is 20.0. The summed E-state index contributed by atoms with van der Waals surface area (Å²) in [5, 5.41) is 3.99. The van der Waals surface area contributed by atoms with Crippen molar-refractivity contribution in [1.82, 2.24) is 10.2 Å². The lowest BCUT2D eigenvalue weighted by Gasteiger charge is -2.15. The molecule has 0 radical (unpaired) electrons. The van der Waals surface area contributed by atoms with E-state index in [4.69, 9.17) is 9.15 Å². The van der Waals surface area contributed by atoms with E-state index < -0.39 is 0 Å². The number of aryl methyl sites for hydroxylation is 3. The Morgan fingerprint density at radius 2 is 1.96 bits per heavy atom. The average molecular weight is 358 g/mol. The van der Waals surface area contributed by atoms with Crippen LogP contribution in [0.25, 0.3) is 16.5 Å². The Morgan fingerprint density at radius 3 is 2.58 bits per heavy atom. The van der Waals surface area contributed by atoms with Crippen LogP contribution in [0.5, 0.6) is 5.75 Å². The number of amides is 1. The van der Waals surface area contributed by atoms with Gasteiger partial charge in [0.25, 0.3) is 0 Å². The number of hydrogen-bond acceptors (Lipinski definition) is 4. The zero-order chi connectivity index (χ0) is 19.4. The predicted molar refractivity (Wildman–Crippen MR) is 107 cm³/mol. The first-order valence-electron chi connectivity index (χ1n) is 9.03. The monoisotopic (exact) mass is 358 g/mol. The fourth-order valence-corrected chi connectivity index (χ4v) is 2.96. The van der Waals surface area contributed by atoms with Crippen molar-refractivity contribution in [3.05, 3.63) is 34.6 Å². The van der Waals surface area contributed by atoms with Gasteiger partial charge in [-0.05, 0) is 65.9 Å². The van der Waals surface area contributed by atoms with Gasteiger partial charge in [-0.3, -0.25) is 4.79 Å². The van der Waals surface area contributed by atoms with Gasteiger partial charge in [0, 0.05) is 35.7 Å². The fourth-order valence-electron chi connectivity index (χ4n) is 2.96. The summed E-state index contributed by atoms with van der Waals surface area (Å²) >= 11 is 0. The summed E-state index contributed by atoms with van der Waals surface area (Å²) in [6, 6.07) is 2.07. The predicted octanol–water partition coefficient (Wildman–Crippen LogP) is 3.84. The normalized spacial score (nSPS) is 12.1. The lowest BCUT2D eigenvalue weighted by atomic mass is 9.98. The van der Waals surface area contributed by atoms with Crippen LogP contribution in [0.2, 0.25) is 0 Å². The third-order valence-electron chi connectivity index (χ3n) is 4.57. The highest BCUT2D eigenvalue weighted by Gasteiger charge is 2.18. The van der Waals surface area contributed by atoms with E-state index in [1.54, 1.807) is 6.08 Å². The summed E-state index contributed by atoms with van der Waals surface area (Å²) in [4.78, 5) is 14.3. The summed E-state index contributed by atoms with van der Waals surface area (Å²) in [5.41, 5.74) is 4.75. The number of ether oxygens (including phenoxy) is 1. The minimum absolute atomic E-state index is 0.0929. The molecule has 0 fully saturated rings. The molecule has 5 nitrogen and oxygen atoms in total. The van der Waals surface area contributed by atoms with Gasteiger partial charge in [-0.1, -0.05) is 0 Å². The van der Waals surface area contributed by atoms with Gasteiger partial charge in [0.2, 0.25) is 5.91 Å². The molecule has 1 N–H and O–H groups in total. The van der Waals surface area contributed by atoms with Crippen molar-refractivity contribution in [2.75, 3.05) is 33.8 Å². The molecule has 2 rings (SSSR count). The van der Waals surface area contributed by atoms with E-state index in [0.717, 1.165) is 51.3 Å². The number of allylic oxidation sites excluding steroid dienone is 1. The number of fused-ring (bicyclic) bond motifs is 1. The standard InChI is InChI=1S/C21H30N2O3/c1-8-25-20-15(4)21-18(14(3)16(5)26-21)12-17(20)13(2)11-19(24)22-9-10-23(6)7/h11-12H,8-10H2,1-7H3,(H,22,24)/b13-11+. The quantitative estimate of drug-likeness (QED) is 0.764. The van der Waals surface area contributed by atoms with Crippen molar-refractivity contribution in [1.29, 1.82) is 0 Å². The summed E-state index contributed by atoms with van der Waals surface area (Å²) < 4.78 is 11.8. The van der Waals surface area contributed by atoms with Gasteiger partial charge in [-0.15, -0.1) is 0 Å². The van der Waals surface area contributed by atoms with E-state index >= 15 is 0 Å². The largest absolute Gasteiger partial charge is 0.493 e. The molecule has 0 unspecified atom stereocenters. The Morgan fingerprint density at radius 1 is 1.27 bits per heavy atom. The molecule has 26 heavy (non-hydrogen) atoms. The van der Waals surface area contributed by atoms with Crippen molar-refractivity contribution in [2.24, 2.45) is 0 Å². The van der Waals surface area contributed by atoms with Crippen molar-refractivity contribution in [3.8, 4) is 5.75 Å². The van der Waals surface area contributed by atoms with Crippen molar-refractivity contribution in [2.45, 2.75) is 34.6 Å². The molecule has 5 heteroatoms. The van der Waals surface area contributed by atoms with Crippen LogP contribution < -0.4 is 10.1 Å². The first-order chi connectivity index (χ1) is 12.3. The second kappa shape index (κ2) is 8.41. The van der Waals surface area contributed by atoms with Crippen molar-refractivity contribution < 1.29 is 13.9 Å². The van der Waals surface area contributed by atoms with Gasteiger partial charge in [-0.2, -0.15) is 0 Å². The molecule has 1 aromatic carbocycles. The topological polar surface area (TPSA) is 54.7 Å². The molecule has 0 aliphatic rings. The number of hydrogen-bond donors (Lipinski definition) is 1. The molecule has 1 aromatic heterocycles. The third-order valence-corrected chi connectivity index (χ3v) is 4.57. The number of carbonyl (C=O) groups excluding carboxylic acids is 1. The number of likely N-dealkylation sites (N-methyl/N-ethyl adjacent to an activating group) is 1. The number of furan rings is 1. The Labute approximate surface area is 156 Å². The number of rotatable bonds is 7. The average Bonchev–Trinajstić information content (AvgIpc) is 2.85. The lowest BCUT2D eigenvalue weighted by molar-refractivity contribution is -0.116. The Hall–Kier alpha value is -2.27. The molecule has 0 saturated carbocycles. The van der Waals surface area contributed by atoms with Crippen molar-refractivity contribution >= 4 is 22.4 Å². The SMILES string of the molecule is CCOc1c(/C(C)=C/C(=O)NCCN(C)C)cc2c(C)c(C)oc2c1C. The maximum absolute atomic E-state index is 12.2. The fraction of sp³-hybridized carbons (Fsp3) is 0.476. The van der Waals surface area contributed by atoms with Crippen LogP contribution in [0.15, 0.2) is 16.6 Å².